The average molecular weight is 249 g/mol. The molecule has 0 fully saturated rings. The molecule has 0 saturated carbocycles. The molecule has 0 spiro atoms. The van der Waals surface area contributed by atoms with E-state index in [0.717, 1.165) is 5.56 Å². The van der Waals surface area contributed by atoms with E-state index in [4.69, 9.17) is 23.1 Å². The van der Waals surface area contributed by atoms with Gasteiger partial charge in [-0.3, -0.25) is 0 Å². The quantitative estimate of drug-likeness (QED) is 0.565. The fraction of sp³-hybridized carbons (Fsp3) is 0.0769. The van der Waals surface area contributed by atoms with Crippen LogP contribution in [0.15, 0.2) is 42.5 Å². The van der Waals surface area contributed by atoms with Gasteiger partial charge in [-0.05, 0) is 11.6 Å². The SMILES string of the molecule is Nc1cc(C(N)c2ccccc2)c(O)cc1Cl. The van der Waals surface area contributed by atoms with Crippen LogP contribution in [0.3, 0.4) is 0 Å². The number of benzene rings is 2. The van der Waals surface area contributed by atoms with Gasteiger partial charge in [-0.25, -0.2) is 0 Å². The Hall–Kier alpha value is -1.71. The van der Waals surface area contributed by atoms with Crippen LogP contribution in [0.25, 0.3) is 0 Å². The van der Waals surface area contributed by atoms with E-state index in [1.54, 1.807) is 6.07 Å². The van der Waals surface area contributed by atoms with Gasteiger partial charge >= 0.3 is 0 Å². The van der Waals surface area contributed by atoms with Gasteiger partial charge in [0.25, 0.3) is 0 Å². The van der Waals surface area contributed by atoms with Crippen molar-refractivity contribution in [2.75, 3.05) is 5.73 Å². The van der Waals surface area contributed by atoms with Crippen molar-refractivity contribution in [3.63, 3.8) is 0 Å². The van der Waals surface area contributed by atoms with Gasteiger partial charge in [0.1, 0.15) is 5.75 Å². The van der Waals surface area contributed by atoms with Gasteiger partial charge in [-0.1, -0.05) is 41.9 Å². The summed E-state index contributed by atoms with van der Waals surface area (Å²) in [4.78, 5) is 0. The molecule has 3 nitrogen and oxygen atoms in total. The summed E-state index contributed by atoms with van der Waals surface area (Å²) in [6.45, 7) is 0. The highest BCUT2D eigenvalue weighted by Crippen LogP contribution is 2.33. The number of halogens is 1. The predicted molar refractivity (Wildman–Crippen MR) is 70.0 cm³/mol. The number of hydrogen-bond acceptors (Lipinski definition) is 3. The minimum atomic E-state index is -0.421. The van der Waals surface area contributed by atoms with Crippen molar-refractivity contribution < 1.29 is 5.11 Å². The van der Waals surface area contributed by atoms with Crippen molar-refractivity contribution in [3.05, 3.63) is 58.6 Å². The van der Waals surface area contributed by atoms with Crippen molar-refractivity contribution >= 4 is 17.3 Å². The average Bonchev–Trinajstić information content (AvgIpc) is 2.34. The molecule has 1 unspecified atom stereocenters. The lowest BCUT2D eigenvalue weighted by Crippen LogP contribution is -2.12. The molecule has 1 atom stereocenters. The van der Waals surface area contributed by atoms with Crippen LogP contribution in [0.5, 0.6) is 5.75 Å². The first kappa shape index (κ1) is 11.8. The summed E-state index contributed by atoms with van der Waals surface area (Å²) in [7, 11) is 0. The highest BCUT2D eigenvalue weighted by atomic mass is 35.5. The lowest BCUT2D eigenvalue weighted by atomic mass is 9.98. The van der Waals surface area contributed by atoms with E-state index in [2.05, 4.69) is 0 Å². The third-order valence-electron chi connectivity index (χ3n) is 2.64. The Morgan fingerprint density at radius 2 is 1.76 bits per heavy atom. The first-order valence-electron chi connectivity index (χ1n) is 5.18. The van der Waals surface area contributed by atoms with Crippen LogP contribution in [0.1, 0.15) is 17.2 Å². The minimum absolute atomic E-state index is 0.0561. The molecule has 2 aromatic rings. The molecule has 0 aliphatic rings. The third-order valence-corrected chi connectivity index (χ3v) is 2.97. The van der Waals surface area contributed by atoms with Crippen molar-refractivity contribution in [2.45, 2.75) is 6.04 Å². The van der Waals surface area contributed by atoms with Gasteiger partial charge in [0.05, 0.1) is 16.8 Å². The predicted octanol–water partition coefficient (Wildman–Crippen LogP) is 2.68. The molecule has 0 amide bonds. The molecule has 17 heavy (non-hydrogen) atoms. The maximum atomic E-state index is 9.83. The number of phenols is 1. The molecule has 0 aliphatic heterocycles. The molecule has 0 heterocycles. The Balaban J connectivity index is 2.44. The van der Waals surface area contributed by atoms with Gasteiger partial charge in [0.15, 0.2) is 0 Å². The summed E-state index contributed by atoms with van der Waals surface area (Å²) in [5, 5.41) is 10.2. The molecule has 2 rings (SSSR count). The highest BCUT2D eigenvalue weighted by Gasteiger charge is 2.14. The van der Waals surface area contributed by atoms with Crippen LogP contribution >= 0.6 is 11.6 Å². The smallest absolute Gasteiger partial charge is 0.122 e. The summed E-state index contributed by atoms with van der Waals surface area (Å²) in [6, 6.07) is 12.1. The number of nitrogens with two attached hydrogens (primary N) is 2. The Morgan fingerprint density at radius 3 is 2.41 bits per heavy atom. The Labute approximate surface area is 105 Å². The summed E-state index contributed by atoms with van der Waals surface area (Å²) in [6.07, 6.45) is 0. The van der Waals surface area contributed by atoms with Crippen LogP contribution < -0.4 is 11.5 Å². The van der Waals surface area contributed by atoms with Gasteiger partial charge in [-0.2, -0.15) is 0 Å². The Morgan fingerprint density at radius 1 is 1.12 bits per heavy atom. The second kappa shape index (κ2) is 4.65. The lowest BCUT2D eigenvalue weighted by molar-refractivity contribution is 0.465. The molecule has 5 N–H and O–H groups in total. The molecule has 0 aromatic heterocycles. The summed E-state index contributed by atoms with van der Waals surface area (Å²) < 4.78 is 0. The van der Waals surface area contributed by atoms with Crippen molar-refractivity contribution in [3.8, 4) is 5.75 Å². The molecule has 0 radical (unpaired) electrons. The lowest BCUT2D eigenvalue weighted by Gasteiger charge is -2.15. The normalized spacial score (nSPS) is 12.4. The van der Waals surface area contributed by atoms with Gasteiger partial charge in [-0.15, -0.1) is 0 Å². The molecule has 0 bridgehead atoms. The van der Waals surface area contributed by atoms with E-state index in [1.807, 2.05) is 30.3 Å². The third kappa shape index (κ3) is 2.35. The molecule has 88 valence electrons. The fourth-order valence-electron chi connectivity index (χ4n) is 1.69. The van der Waals surface area contributed by atoms with Crippen LogP contribution in [0, 0.1) is 0 Å². The second-order valence-electron chi connectivity index (χ2n) is 3.82. The van der Waals surface area contributed by atoms with E-state index in [-0.39, 0.29) is 5.75 Å². The molecule has 2 aromatic carbocycles. The monoisotopic (exact) mass is 248 g/mol. The maximum Gasteiger partial charge on any atom is 0.122 e. The number of aromatic hydroxyl groups is 1. The molecule has 0 aliphatic carbocycles. The molecular weight excluding hydrogens is 236 g/mol. The summed E-state index contributed by atoms with van der Waals surface area (Å²) >= 11 is 5.81. The van der Waals surface area contributed by atoms with E-state index >= 15 is 0 Å². The Bertz CT molecular complexity index is 528. The number of rotatable bonds is 2. The zero-order valence-corrected chi connectivity index (χ0v) is 9.85. The van der Waals surface area contributed by atoms with Crippen LogP contribution in [0.4, 0.5) is 5.69 Å². The van der Waals surface area contributed by atoms with E-state index < -0.39 is 6.04 Å². The zero-order chi connectivity index (χ0) is 12.4. The molecule has 4 heteroatoms. The van der Waals surface area contributed by atoms with Crippen molar-refractivity contribution in [1.29, 1.82) is 0 Å². The van der Waals surface area contributed by atoms with Crippen LogP contribution in [-0.4, -0.2) is 5.11 Å². The number of anilines is 1. The minimum Gasteiger partial charge on any atom is -0.508 e. The van der Waals surface area contributed by atoms with Gasteiger partial charge in [0.2, 0.25) is 0 Å². The summed E-state index contributed by atoms with van der Waals surface area (Å²) in [5.74, 6) is 0.0561. The van der Waals surface area contributed by atoms with Gasteiger partial charge < -0.3 is 16.6 Å². The maximum absolute atomic E-state index is 9.83. The van der Waals surface area contributed by atoms with Crippen molar-refractivity contribution in [2.24, 2.45) is 5.73 Å². The zero-order valence-electron chi connectivity index (χ0n) is 9.10. The van der Waals surface area contributed by atoms with Crippen LogP contribution in [0.2, 0.25) is 5.02 Å². The standard InChI is InChI=1S/C13H13ClN2O/c14-10-7-12(17)9(6-11(10)15)13(16)8-4-2-1-3-5-8/h1-7,13,17H,15-16H2. The largest absolute Gasteiger partial charge is 0.508 e. The first-order chi connectivity index (χ1) is 8.09. The van der Waals surface area contributed by atoms with Crippen LogP contribution in [-0.2, 0) is 0 Å². The molecular formula is C13H13ClN2O. The highest BCUT2D eigenvalue weighted by molar-refractivity contribution is 6.33. The second-order valence-corrected chi connectivity index (χ2v) is 4.23. The first-order valence-corrected chi connectivity index (χ1v) is 5.56. The topological polar surface area (TPSA) is 72.3 Å². The molecule has 0 saturated heterocycles. The van der Waals surface area contributed by atoms with E-state index in [9.17, 15) is 5.11 Å². The number of nitrogen functional groups attached to an aromatic ring is 1. The van der Waals surface area contributed by atoms with Gasteiger partial charge in [0, 0.05) is 11.6 Å². The van der Waals surface area contributed by atoms with E-state index in [1.165, 1.54) is 6.07 Å². The van der Waals surface area contributed by atoms with E-state index in [0.29, 0.717) is 16.3 Å². The summed E-state index contributed by atoms with van der Waals surface area (Å²) in [5.41, 5.74) is 13.7. The number of phenolic OH excluding ortho intramolecular Hbond substituents is 1. The fourth-order valence-corrected chi connectivity index (χ4v) is 1.84. The Kier molecular flexibility index (Phi) is 3.22. The van der Waals surface area contributed by atoms with Crippen molar-refractivity contribution in [1.82, 2.24) is 0 Å². The number of hydrogen-bond donors (Lipinski definition) is 3.